The molecule has 5 heteroatoms. The van der Waals surface area contributed by atoms with Crippen molar-refractivity contribution in [2.45, 2.75) is 13.8 Å². The molecule has 2 aromatic carbocycles. The SMILES string of the molecule is Cc1ccc(C(=O)N/N=C/c2cc3ccc(C)cc3nc2Cl)cc1. The van der Waals surface area contributed by atoms with Crippen LogP contribution in [-0.2, 0) is 0 Å². The number of hydrogen-bond acceptors (Lipinski definition) is 3. The summed E-state index contributed by atoms with van der Waals surface area (Å²) in [4.78, 5) is 16.4. The lowest BCUT2D eigenvalue weighted by atomic mass is 10.1. The van der Waals surface area contributed by atoms with Crippen molar-refractivity contribution in [3.8, 4) is 0 Å². The van der Waals surface area contributed by atoms with Gasteiger partial charge in [-0.3, -0.25) is 4.79 Å². The molecule has 0 fully saturated rings. The Morgan fingerprint density at radius 2 is 1.79 bits per heavy atom. The fourth-order valence-electron chi connectivity index (χ4n) is 2.29. The van der Waals surface area contributed by atoms with Gasteiger partial charge >= 0.3 is 0 Å². The highest BCUT2D eigenvalue weighted by Gasteiger charge is 2.05. The van der Waals surface area contributed by atoms with Crippen molar-refractivity contribution in [2.75, 3.05) is 0 Å². The molecule has 3 rings (SSSR count). The van der Waals surface area contributed by atoms with Crippen LogP contribution in [0.25, 0.3) is 10.9 Å². The Kier molecular flexibility index (Phi) is 4.58. The van der Waals surface area contributed by atoms with Crippen molar-refractivity contribution in [1.29, 1.82) is 0 Å². The van der Waals surface area contributed by atoms with Gasteiger partial charge in [-0.15, -0.1) is 0 Å². The summed E-state index contributed by atoms with van der Waals surface area (Å²) in [7, 11) is 0. The number of nitrogens with zero attached hydrogens (tertiary/aromatic N) is 2. The summed E-state index contributed by atoms with van der Waals surface area (Å²) >= 11 is 6.19. The lowest BCUT2D eigenvalue weighted by Crippen LogP contribution is -2.17. The number of aryl methyl sites for hydroxylation is 2. The average Bonchev–Trinajstić information content (AvgIpc) is 2.56. The molecule has 3 aromatic rings. The number of pyridine rings is 1. The van der Waals surface area contributed by atoms with Crippen LogP contribution in [0.5, 0.6) is 0 Å². The molecule has 4 nitrogen and oxygen atoms in total. The first-order valence-corrected chi connectivity index (χ1v) is 7.88. The maximum absolute atomic E-state index is 12.0. The summed E-state index contributed by atoms with van der Waals surface area (Å²) in [6, 6.07) is 15.1. The summed E-state index contributed by atoms with van der Waals surface area (Å²) in [5, 5.41) is 5.29. The molecule has 24 heavy (non-hydrogen) atoms. The van der Waals surface area contributed by atoms with Gasteiger partial charge in [-0.2, -0.15) is 5.10 Å². The van der Waals surface area contributed by atoms with Crippen LogP contribution < -0.4 is 5.43 Å². The van der Waals surface area contributed by atoms with Crippen LogP contribution in [-0.4, -0.2) is 17.1 Å². The molecule has 0 aliphatic heterocycles. The topological polar surface area (TPSA) is 54.4 Å². The van der Waals surface area contributed by atoms with Crippen LogP contribution in [0, 0.1) is 13.8 Å². The van der Waals surface area contributed by atoms with Crippen LogP contribution >= 0.6 is 11.6 Å². The summed E-state index contributed by atoms with van der Waals surface area (Å²) < 4.78 is 0. The second-order valence-electron chi connectivity index (χ2n) is 5.63. The van der Waals surface area contributed by atoms with E-state index in [4.69, 9.17) is 11.6 Å². The molecular weight excluding hydrogens is 322 g/mol. The van der Waals surface area contributed by atoms with Crippen molar-refractivity contribution < 1.29 is 4.79 Å². The molecule has 1 aromatic heterocycles. The minimum absolute atomic E-state index is 0.272. The Bertz CT molecular complexity index is 933. The Balaban J connectivity index is 1.77. The zero-order valence-corrected chi connectivity index (χ0v) is 14.1. The van der Waals surface area contributed by atoms with Crippen molar-refractivity contribution in [3.63, 3.8) is 0 Å². The van der Waals surface area contributed by atoms with Gasteiger partial charge in [0.05, 0.1) is 11.7 Å². The van der Waals surface area contributed by atoms with Gasteiger partial charge < -0.3 is 0 Å². The number of carbonyl (C=O) groups excluding carboxylic acids is 1. The molecule has 0 aliphatic carbocycles. The van der Waals surface area contributed by atoms with E-state index in [0.717, 1.165) is 22.0 Å². The molecule has 0 radical (unpaired) electrons. The monoisotopic (exact) mass is 337 g/mol. The minimum atomic E-state index is -0.272. The van der Waals surface area contributed by atoms with Gasteiger partial charge in [0.1, 0.15) is 5.15 Å². The Hall–Kier alpha value is -2.72. The third-order valence-electron chi connectivity index (χ3n) is 3.64. The van der Waals surface area contributed by atoms with Crippen molar-refractivity contribution >= 4 is 34.6 Å². The molecule has 0 bridgehead atoms. The second-order valence-corrected chi connectivity index (χ2v) is 5.99. The first-order valence-electron chi connectivity index (χ1n) is 7.50. The highest BCUT2D eigenvalue weighted by Crippen LogP contribution is 2.20. The van der Waals surface area contributed by atoms with Gasteiger partial charge in [0.25, 0.3) is 5.91 Å². The zero-order chi connectivity index (χ0) is 17.1. The van der Waals surface area contributed by atoms with Gasteiger partial charge in [-0.1, -0.05) is 41.4 Å². The third kappa shape index (κ3) is 3.60. The van der Waals surface area contributed by atoms with Crippen molar-refractivity contribution in [1.82, 2.24) is 10.4 Å². The molecule has 0 saturated carbocycles. The Morgan fingerprint density at radius 3 is 2.54 bits per heavy atom. The molecule has 1 heterocycles. The number of fused-ring (bicyclic) bond motifs is 1. The van der Waals surface area contributed by atoms with Gasteiger partial charge in [-0.05, 0) is 43.7 Å². The maximum atomic E-state index is 12.0. The number of hydrogen-bond donors (Lipinski definition) is 1. The van der Waals surface area contributed by atoms with Crippen molar-refractivity contribution in [2.24, 2.45) is 5.10 Å². The lowest BCUT2D eigenvalue weighted by molar-refractivity contribution is 0.0955. The van der Waals surface area contributed by atoms with E-state index in [2.05, 4.69) is 15.5 Å². The lowest BCUT2D eigenvalue weighted by Gasteiger charge is -2.03. The van der Waals surface area contributed by atoms with E-state index in [1.54, 1.807) is 12.1 Å². The van der Waals surface area contributed by atoms with Crippen LogP contribution in [0.4, 0.5) is 0 Å². The summed E-state index contributed by atoms with van der Waals surface area (Å²) in [6.07, 6.45) is 1.50. The van der Waals surface area contributed by atoms with Crippen LogP contribution in [0.2, 0.25) is 5.15 Å². The van der Waals surface area contributed by atoms with E-state index >= 15 is 0 Å². The number of benzene rings is 2. The quantitative estimate of drug-likeness (QED) is 0.441. The van der Waals surface area contributed by atoms with Crippen LogP contribution in [0.3, 0.4) is 0 Å². The number of hydrazone groups is 1. The number of amides is 1. The van der Waals surface area contributed by atoms with Gasteiger partial charge in [-0.25, -0.2) is 10.4 Å². The van der Waals surface area contributed by atoms with E-state index < -0.39 is 0 Å². The van der Waals surface area contributed by atoms with Crippen molar-refractivity contribution in [3.05, 3.63) is 75.9 Å². The number of aromatic nitrogens is 1. The summed E-state index contributed by atoms with van der Waals surface area (Å²) in [6.45, 7) is 3.97. The number of carbonyl (C=O) groups is 1. The van der Waals surface area contributed by atoms with Crippen LogP contribution in [0.1, 0.15) is 27.0 Å². The Morgan fingerprint density at radius 1 is 1.08 bits per heavy atom. The van der Waals surface area contributed by atoms with E-state index in [0.29, 0.717) is 16.3 Å². The standard InChI is InChI=1S/C19H16ClN3O/c1-12-3-6-14(7-4-12)19(24)23-21-11-16-10-15-8-5-13(2)9-17(15)22-18(16)20/h3-11H,1-2H3,(H,23,24)/b21-11+. The van der Waals surface area contributed by atoms with E-state index in [1.807, 2.05) is 50.2 Å². The summed E-state index contributed by atoms with van der Waals surface area (Å²) in [5.41, 5.74) is 6.75. The Labute approximate surface area is 145 Å². The highest BCUT2D eigenvalue weighted by molar-refractivity contribution is 6.32. The molecule has 0 saturated heterocycles. The third-order valence-corrected chi connectivity index (χ3v) is 3.94. The first-order chi connectivity index (χ1) is 11.5. The molecular formula is C19H16ClN3O. The molecule has 0 spiro atoms. The fraction of sp³-hybridized carbons (Fsp3) is 0.105. The number of halogens is 1. The maximum Gasteiger partial charge on any atom is 0.271 e. The van der Waals surface area contributed by atoms with Gasteiger partial charge in [0, 0.05) is 16.5 Å². The molecule has 0 aliphatic rings. The predicted octanol–water partition coefficient (Wildman–Crippen LogP) is 4.27. The number of nitrogens with one attached hydrogen (secondary N) is 1. The van der Waals surface area contributed by atoms with E-state index in [9.17, 15) is 4.79 Å². The largest absolute Gasteiger partial charge is 0.271 e. The predicted molar refractivity (Wildman–Crippen MR) is 97.7 cm³/mol. The zero-order valence-electron chi connectivity index (χ0n) is 13.4. The smallest absolute Gasteiger partial charge is 0.267 e. The van der Waals surface area contributed by atoms with Gasteiger partial charge in [0.2, 0.25) is 0 Å². The molecule has 1 N–H and O–H groups in total. The normalized spacial score (nSPS) is 11.1. The van der Waals surface area contributed by atoms with E-state index in [1.165, 1.54) is 6.21 Å². The minimum Gasteiger partial charge on any atom is -0.267 e. The first kappa shape index (κ1) is 16.1. The molecule has 0 atom stereocenters. The molecule has 0 unspecified atom stereocenters. The van der Waals surface area contributed by atoms with E-state index in [-0.39, 0.29) is 5.91 Å². The average molecular weight is 338 g/mol. The number of rotatable bonds is 3. The van der Waals surface area contributed by atoms with Crippen LogP contribution in [0.15, 0.2) is 53.6 Å². The fourth-order valence-corrected chi connectivity index (χ4v) is 2.48. The molecule has 1 amide bonds. The van der Waals surface area contributed by atoms with Gasteiger partial charge in [0.15, 0.2) is 0 Å². The highest BCUT2D eigenvalue weighted by atomic mass is 35.5. The second kappa shape index (κ2) is 6.81. The molecule has 120 valence electrons. The summed E-state index contributed by atoms with van der Waals surface area (Å²) in [5.74, 6) is -0.272.